The molecule has 170 valence electrons. The summed E-state index contributed by atoms with van der Waals surface area (Å²) in [4.78, 5) is 30.5. The number of aromatic nitrogens is 3. The minimum absolute atomic E-state index is 0.0793. The first kappa shape index (κ1) is 22.2. The van der Waals surface area contributed by atoms with Crippen molar-refractivity contribution in [3.63, 3.8) is 0 Å². The second kappa shape index (κ2) is 9.24. The van der Waals surface area contributed by atoms with Crippen molar-refractivity contribution >= 4 is 23.5 Å². The van der Waals surface area contributed by atoms with Crippen LogP contribution in [0.2, 0.25) is 0 Å². The summed E-state index contributed by atoms with van der Waals surface area (Å²) >= 11 is 0. The predicted molar refractivity (Wildman–Crippen MR) is 126 cm³/mol. The van der Waals surface area contributed by atoms with Gasteiger partial charge in [0.15, 0.2) is 5.82 Å². The fraction of sp³-hybridized carbons (Fsp3) is 0.500. The number of ether oxygens (including phenoxy) is 1. The van der Waals surface area contributed by atoms with E-state index in [-0.39, 0.29) is 11.9 Å². The molecule has 4 rings (SSSR count). The maximum atomic E-state index is 12.5. The zero-order valence-electron chi connectivity index (χ0n) is 19.2. The van der Waals surface area contributed by atoms with Gasteiger partial charge in [-0.25, -0.2) is 15.0 Å². The van der Waals surface area contributed by atoms with Crippen molar-refractivity contribution in [1.82, 2.24) is 19.9 Å². The van der Waals surface area contributed by atoms with E-state index in [0.29, 0.717) is 44.3 Å². The topological polar surface area (TPSA) is 97.5 Å². The lowest BCUT2D eigenvalue weighted by molar-refractivity contribution is -0.134. The Bertz CT molecular complexity index is 1020. The van der Waals surface area contributed by atoms with E-state index in [1.165, 1.54) is 0 Å². The number of nitrogens with two attached hydrogens (primary N) is 1. The maximum absolute atomic E-state index is 12.5. The fourth-order valence-electron chi connectivity index (χ4n) is 4.42. The number of amides is 1. The van der Waals surface area contributed by atoms with Crippen molar-refractivity contribution in [2.75, 3.05) is 44.0 Å². The largest absolute Gasteiger partial charge is 0.396 e. The molecule has 2 aromatic heterocycles. The van der Waals surface area contributed by atoms with Gasteiger partial charge in [0.25, 0.3) is 0 Å². The van der Waals surface area contributed by atoms with E-state index in [4.69, 9.17) is 15.5 Å². The molecule has 3 heterocycles. The van der Waals surface area contributed by atoms with Crippen LogP contribution in [-0.4, -0.2) is 65.2 Å². The molecule has 0 aromatic carbocycles. The molecule has 8 heteroatoms. The quantitative estimate of drug-likeness (QED) is 0.712. The average Bonchev–Trinajstić information content (AvgIpc) is 3.64. The summed E-state index contributed by atoms with van der Waals surface area (Å²) in [5.74, 6) is 1.38. The molecule has 1 aliphatic heterocycles. The Labute approximate surface area is 189 Å². The van der Waals surface area contributed by atoms with Gasteiger partial charge in [0.1, 0.15) is 6.33 Å². The van der Waals surface area contributed by atoms with Crippen molar-refractivity contribution in [2.45, 2.75) is 45.1 Å². The third kappa shape index (κ3) is 4.32. The SMILES string of the molecule is C=Cc1cc(-c2c(C3CC3)nc(N3CCN(C(=O)CCOC)[C@H](C)C3)c(N)c2C)ncn1. The lowest BCUT2D eigenvalue weighted by atomic mass is 9.98. The third-order valence-corrected chi connectivity index (χ3v) is 6.39. The van der Waals surface area contributed by atoms with Crippen LogP contribution in [0, 0.1) is 6.92 Å². The van der Waals surface area contributed by atoms with Crippen molar-refractivity contribution in [3.05, 3.63) is 35.9 Å². The minimum atomic E-state index is 0.0793. The number of carbonyl (C=O) groups is 1. The zero-order chi connectivity index (χ0) is 22.8. The van der Waals surface area contributed by atoms with E-state index in [0.717, 1.165) is 46.9 Å². The van der Waals surface area contributed by atoms with E-state index in [1.807, 2.05) is 17.9 Å². The maximum Gasteiger partial charge on any atom is 0.225 e. The second-order valence-corrected chi connectivity index (χ2v) is 8.67. The van der Waals surface area contributed by atoms with Gasteiger partial charge in [-0.05, 0) is 44.4 Å². The van der Waals surface area contributed by atoms with E-state index >= 15 is 0 Å². The van der Waals surface area contributed by atoms with Gasteiger partial charge in [0.2, 0.25) is 5.91 Å². The predicted octanol–water partition coefficient (Wildman–Crippen LogP) is 3.02. The molecule has 1 aliphatic carbocycles. The third-order valence-electron chi connectivity index (χ3n) is 6.39. The molecule has 0 unspecified atom stereocenters. The van der Waals surface area contributed by atoms with Crippen LogP contribution < -0.4 is 10.6 Å². The van der Waals surface area contributed by atoms with Gasteiger partial charge in [-0.1, -0.05) is 6.58 Å². The lowest BCUT2D eigenvalue weighted by Gasteiger charge is -2.41. The van der Waals surface area contributed by atoms with Crippen LogP contribution in [0.15, 0.2) is 19.0 Å². The summed E-state index contributed by atoms with van der Waals surface area (Å²) in [6.07, 6.45) is 5.94. The van der Waals surface area contributed by atoms with Gasteiger partial charge >= 0.3 is 0 Å². The Morgan fingerprint density at radius 2 is 2.12 bits per heavy atom. The number of methoxy groups -OCH3 is 1. The standard InChI is InChI=1S/C24H32N6O2/c1-5-18-12-19(27-14-26-18)21-16(3)22(25)24(28-23(21)17-6-7-17)29-9-10-30(15(2)13-29)20(31)8-11-32-4/h5,12,14-15,17H,1,6-11,13,25H2,2-4H3/t15-/m1/s1. The molecule has 1 amide bonds. The molecule has 1 saturated carbocycles. The Kier molecular flexibility index (Phi) is 6.41. The molecule has 8 nitrogen and oxygen atoms in total. The highest BCUT2D eigenvalue weighted by molar-refractivity contribution is 5.81. The summed E-state index contributed by atoms with van der Waals surface area (Å²) in [6, 6.07) is 2.02. The molecule has 1 saturated heterocycles. The van der Waals surface area contributed by atoms with Gasteiger partial charge in [-0.3, -0.25) is 4.79 Å². The zero-order valence-corrected chi connectivity index (χ0v) is 19.2. The summed E-state index contributed by atoms with van der Waals surface area (Å²) in [5, 5.41) is 0. The van der Waals surface area contributed by atoms with Gasteiger partial charge in [-0.15, -0.1) is 0 Å². The van der Waals surface area contributed by atoms with E-state index in [1.54, 1.807) is 19.5 Å². The molecule has 2 aliphatic rings. The van der Waals surface area contributed by atoms with E-state index in [2.05, 4.69) is 28.4 Å². The summed E-state index contributed by atoms with van der Waals surface area (Å²) in [6.45, 7) is 10.5. The first-order chi connectivity index (χ1) is 15.4. The second-order valence-electron chi connectivity index (χ2n) is 8.67. The van der Waals surface area contributed by atoms with Gasteiger partial charge in [0, 0.05) is 44.3 Å². The molecule has 2 fully saturated rings. The van der Waals surface area contributed by atoms with Crippen LogP contribution >= 0.6 is 0 Å². The number of nitrogen functional groups attached to an aromatic ring is 1. The van der Waals surface area contributed by atoms with Crippen LogP contribution in [0.5, 0.6) is 0 Å². The number of pyridine rings is 1. The number of hydrogen-bond acceptors (Lipinski definition) is 7. The average molecular weight is 437 g/mol. The van der Waals surface area contributed by atoms with Crippen LogP contribution in [-0.2, 0) is 9.53 Å². The Balaban J connectivity index is 1.65. The molecule has 2 aromatic rings. The van der Waals surface area contributed by atoms with Crippen LogP contribution in [0.25, 0.3) is 17.3 Å². The first-order valence-corrected chi connectivity index (χ1v) is 11.2. The van der Waals surface area contributed by atoms with Crippen molar-refractivity contribution in [2.24, 2.45) is 0 Å². The number of piperazine rings is 1. The number of rotatable bonds is 7. The van der Waals surface area contributed by atoms with Crippen LogP contribution in [0.3, 0.4) is 0 Å². The molecule has 0 bridgehead atoms. The summed E-state index contributed by atoms with van der Waals surface area (Å²) in [7, 11) is 1.62. The summed E-state index contributed by atoms with van der Waals surface area (Å²) in [5.41, 5.74) is 12.0. The molecule has 32 heavy (non-hydrogen) atoms. The Morgan fingerprint density at radius 1 is 1.34 bits per heavy atom. The number of anilines is 2. The molecular weight excluding hydrogens is 404 g/mol. The molecular formula is C24H32N6O2. The van der Waals surface area contributed by atoms with Crippen molar-refractivity contribution in [3.8, 4) is 11.3 Å². The van der Waals surface area contributed by atoms with Crippen molar-refractivity contribution in [1.29, 1.82) is 0 Å². The molecule has 0 spiro atoms. The van der Waals surface area contributed by atoms with E-state index < -0.39 is 0 Å². The normalized spacial score (nSPS) is 18.7. The molecule has 0 radical (unpaired) electrons. The Hall–Kier alpha value is -3.00. The van der Waals surface area contributed by atoms with Gasteiger partial charge in [0.05, 0.1) is 35.8 Å². The molecule has 2 N–H and O–H groups in total. The highest BCUT2D eigenvalue weighted by Crippen LogP contribution is 2.47. The van der Waals surface area contributed by atoms with Gasteiger partial charge in [-0.2, -0.15) is 0 Å². The number of hydrogen-bond donors (Lipinski definition) is 1. The smallest absolute Gasteiger partial charge is 0.225 e. The highest BCUT2D eigenvalue weighted by Gasteiger charge is 2.34. The van der Waals surface area contributed by atoms with Crippen molar-refractivity contribution < 1.29 is 9.53 Å². The molecule has 1 atom stereocenters. The minimum Gasteiger partial charge on any atom is -0.396 e. The first-order valence-electron chi connectivity index (χ1n) is 11.2. The van der Waals surface area contributed by atoms with Crippen LogP contribution in [0.4, 0.5) is 11.5 Å². The fourth-order valence-corrected chi connectivity index (χ4v) is 4.42. The van der Waals surface area contributed by atoms with E-state index in [9.17, 15) is 4.79 Å². The Morgan fingerprint density at radius 3 is 2.78 bits per heavy atom. The summed E-state index contributed by atoms with van der Waals surface area (Å²) < 4.78 is 5.06. The lowest BCUT2D eigenvalue weighted by Crippen LogP contribution is -2.54. The van der Waals surface area contributed by atoms with Gasteiger partial charge < -0.3 is 20.3 Å². The number of nitrogens with zero attached hydrogens (tertiary/aromatic N) is 5. The highest BCUT2D eigenvalue weighted by atomic mass is 16.5. The number of carbonyl (C=O) groups excluding carboxylic acids is 1. The van der Waals surface area contributed by atoms with Crippen LogP contribution in [0.1, 0.15) is 49.1 Å². The monoisotopic (exact) mass is 436 g/mol.